The third-order valence-electron chi connectivity index (χ3n) is 2.45. The third-order valence-corrected chi connectivity index (χ3v) is 2.45. The molecule has 2 aromatic rings. The van der Waals surface area contributed by atoms with Crippen LogP contribution in [0.3, 0.4) is 0 Å². The summed E-state index contributed by atoms with van der Waals surface area (Å²) in [4.78, 5) is 0. The fraction of sp³-hybridized carbons (Fsp3) is 0.0769. The van der Waals surface area contributed by atoms with Gasteiger partial charge in [0.1, 0.15) is 11.6 Å². The van der Waals surface area contributed by atoms with Crippen LogP contribution in [0.1, 0.15) is 5.56 Å². The Labute approximate surface area is 92.5 Å². The van der Waals surface area contributed by atoms with Crippen LogP contribution in [0.4, 0.5) is 8.78 Å². The van der Waals surface area contributed by atoms with Gasteiger partial charge in [-0.15, -0.1) is 0 Å². The van der Waals surface area contributed by atoms with Gasteiger partial charge in [0, 0.05) is 17.7 Å². The Morgan fingerprint density at radius 2 is 1.69 bits per heavy atom. The summed E-state index contributed by atoms with van der Waals surface area (Å²) in [5.41, 5.74) is 6.89. The van der Waals surface area contributed by atoms with Crippen molar-refractivity contribution < 1.29 is 8.78 Å². The number of benzene rings is 2. The fourth-order valence-electron chi connectivity index (χ4n) is 1.59. The van der Waals surface area contributed by atoms with Crippen molar-refractivity contribution in [2.45, 2.75) is 6.54 Å². The SMILES string of the molecule is NCc1cc(-c2ccccc2F)ccc1F. The van der Waals surface area contributed by atoms with E-state index in [2.05, 4.69) is 0 Å². The molecule has 16 heavy (non-hydrogen) atoms. The van der Waals surface area contributed by atoms with Gasteiger partial charge in [-0.1, -0.05) is 24.3 Å². The monoisotopic (exact) mass is 219 g/mol. The first-order valence-corrected chi connectivity index (χ1v) is 4.96. The summed E-state index contributed by atoms with van der Waals surface area (Å²) in [6.45, 7) is 0.105. The number of hydrogen-bond acceptors (Lipinski definition) is 1. The normalized spacial score (nSPS) is 10.4. The van der Waals surface area contributed by atoms with Crippen molar-refractivity contribution in [3.05, 3.63) is 59.7 Å². The molecule has 0 atom stereocenters. The first-order chi connectivity index (χ1) is 7.72. The van der Waals surface area contributed by atoms with E-state index in [9.17, 15) is 8.78 Å². The minimum atomic E-state index is -0.359. The van der Waals surface area contributed by atoms with Crippen LogP contribution >= 0.6 is 0 Å². The average molecular weight is 219 g/mol. The zero-order chi connectivity index (χ0) is 11.5. The van der Waals surface area contributed by atoms with Gasteiger partial charge in [-0.25, -0.2) is 8.78 Å². The van der Waals surface area contributed by atoms with Gasteiger partial charge in [0.25, 0.3) is 0 Å². The van der Waals surface area contributed by atoms with Crippen LogP contribution < -0.4 is 5.73 Å². The average Bonchev–Trinajstić information content (AvgIpc) is 2.31. The summed E-state index contributed by atoms with van der Waals surface area (Å²) in [5, 5.41) is 0. The Bertz CT molecular complexity index is 509. The van der Waals surface area contributed by atoms with Crippen molar-refractivity contribution in [2.24, 2.45) is 5.73 Å². The van der Waals surface area contributed by atoms with Crippen LogP contribution in [0.25, 0.3) is 11.1 Å². The molecule has 0 amide bonds. The largest absolute Gasteiger partial charge is 0.326 e. The Kier molecular flexibility index (Phi) is 2.97. The van der Waals surface area contributed by atoms with E-state index in [0.29, 0.717) is 16.7 Å². The van der Waals surface area contributed by atoms with Crippen LogP contribution in [-0.4, -0.2) is 0 Å². The number of halogens is 2. The summed E-state index contributed by atoms with van der Waals surface area (Å²) in [6.07, 6.45) is 0. The second kappa shape index (κ2) is 4.41. The molecular weight excluding hydrogens is 208 g/mol. The Morgan fingerprint density at radius 1 is 0.938 bits per heavy atom. The molecule has 0 bridgehead atoms. The molecule has 0 aliphatic rings. The standard InChI is InChI=1S/C13H11F2N/c14-12-6-5-9(7-10(12)8-16)11-3-1-2-4-13(11)15/h1-7H,8,16H2. The molecule has 82 valence electrons. The summed E-state index contributed by atoms with van der Waals surface area (Å²) >= 11 is 0. The van der Waals surface area contributed by atoms with Crippen LogP contribution in [0, 0.1) is 11.6 Å². The van der Waals surface area contributed by atoms with Gasteiger partial charge < -0.3 is 5.73 Å². The quantitative estimate of drug-likeness (QED) is 0.825. The molecule has 0 aromatic heterocycles. The smallest absolute Gasteiger partial charge is 0.131 e. The summed E-state index contributed by atoms with van der Waals surface area (Å²) in [6, 6.07) is 10.8. The summed E-state index contributed by atoms with van der Waals surface area (Å²) in [7, 11) is 0. The van der Waals surface area contributed by atoms with E-state index in [1.165, 1.54) is 12.1 Å². The molecule has 0 aliphatic heterocycles. The number of hydrogen-bond donors (Lipinski definition) is 1. The lowest BCUT2D eigenvalue weighted by Crippen LogP contribution is -2.00. The van der Waals surface area contributed by atoms with Gasteiger partial charge in [-0.05, 0) is 23.8 Å². The van der Waals surface area contributed by atoms with Gasteiger partial charge >= 0.3 is 0 Å². The van der Waals surface area contributed by atoms with Crippen molar-refractivity contribution in [1.82, 2.24) is 0 Å². The molecule has 0 fully saturated rings. The second-order valence-electron chi connectivity index (χ2n) is 3.49. The Hall–Kier alpha value is -1.74. The second-order valence-corrected chi connectivity index (χ2v) is 3.49. The molecule has 2 rings (SSSR count). The lowest BCUT2D eigenvalue weighted by Gasteiger charge is -2.06. The molecule has 0 saturated carbocycles. The lowest BCUT2D eigenvalue weighted by atomic mass is 10.0. The number of nitrogens with two attached hydrogens (primary N) is 1. The maximum absolute atomic E-state index is 13.5. The highest BCUT2D eigenvalue weighted by molar-refractivity contribution is 5.64. The highest BCUT2D eigenvalue weighted by Gasteiger charge is 2.07. The van der Waals surface area contributed by atoms with E-state index in [4.69, 9.17) is 5.73 Å². The van der Waals surface area contributed by atoms with Crippen molar-refractivity contribution >= 4 is 0 Å². The first kappa shape index (κ1) is 10.8. The van der Waals surface area contributed by atoms with E-state index < -0.39 is 0 Å². The number of rotatable bonds is 2. The zero-order valence-electron chi connectivity index (χ0n) is 8.58. The summed E-state index contributed by atoms with van der Waals surface area (Å²) < 4.78 is 26.7. The minimum Gasteiger partial charge on any atom is -0.326 e. The maximum atomic E-state index is 13.5. The van der Waals surface area contributed by atoms with E-state index in [-0.39, 0.29) is 18.2 Å². The van der Waals surface area contributed by atoms with Crippen LogP contribution in [-0.2, 0) is 6.54 Å². The third kappa shape index (κ3) is 1.95. The first-order valence-electron chi connectivity index (χ1n) is 4.96. The molecule has 0 saturated heterocycles. The van der Waals surface area contributed by atoms with Crippen LogP contribution in [0.15, 0.2) is 42.5 Å². The fourth-order valence-corrected chi connectivity index (χ4v) is 1.59. The highest BCUT2D eigenvalue weighted by Crippen LogP contribution is 2.24. The maximum Gasteiger partial charge on any atom is 0.131 e. The van der Waals surface area contributed by atoms with Gasteiger partial charge in [-0.3, -0.25) is 0 Å². The van der Waals surface area contributed by atoms with Crippen molar-refractivity contribution in [3.63, 3.8) is 0 Å². The van der Waals surface area contributed by atoms with Crippen molar-refractivity contribution in [2.75, 3.05) is 0 Å². The molecule has 0 aliphatic carbocycles. The molecule has 0 spiro atoms. The van der Waals surface area contributed by atoms with Crippen LogP contribution in [0.5, 0.6) is 0 Å². The van der Waals surface area contributed by atoms with Crippen molar-refractivity contribution in [1.29, 1.82) is 0 Å². The molecule has 0 radical (unpaired) electrons. The van der Waals surface area contributed by atoms with Gasteiger partial charge in [0.05, 0.1) is 0 Å². The zero-order valence-corrected chi connectivity index (χ0v) is 8.58. The molecule has 1 nitrogen and oxygen atoms in total. The van der Waals surface area contributed by atoms with E-state index in [1.54, 1.807) is 30.3 Å². The van der Waals surface area contributed by atoms with Gasteiger partial charge in [-0.2, -0.15) is 0 Å². The predicted octanol–water partition coefficient (Wildman–Crippen LogP) is 3.09. The molecule has 0 unspecified atom stereocenters. The van der Waals surface area contributed by atoms with Gasteiger partial charge in [0.15, 0.2) is 0 Å². The molecule has 2 aromatic carbocycles. The lowest BCUT2D eigenvalue weighted by molar-refractivity contribution is 0.610. The van der Waals surface area contributed by atoms with E-state index in [1.807, 2.05) is 0 Å². The molecular formula is C13H11F2N. The predicted molar refractivity (Wildman–Crippen MR) is 59.7 cm³/mol. The molecule has 3 heteroatoms. The summed E-state index contributed by atoms with van der Waals surface area (Å²) in [5.74, 6) is -0.681. The van der Waals surface area contributed by atoms with Crippen molar-refractivity contribution in [3.8, 4) is 11.1 Å². The molecule has 0 heterocycles. The topological polar surface area (TPSA) is 26.0 Å². The Morgan fingerprint density at radius 3 is 2.38 bits per heavy atom. The van der Waals surface area contributed by atoms with E-state index in [0.717, 1.165) is 0 Å². The minimum absolute atomic E-state index is 0.105. The highest BCUT2D eigenvalue weighted by atomic mass is 19.1. The van der Waals surface area contributed by atoms with Crippen LogP contribution in [0.2, 0.25) is 0 Å². The van der Waals surface area contributed by atoms with Gasteiger partial charge in [0.2, 0.25) is 0 Å². The molecule has 2 N–H and O–H groups in total. The van der Waals surface area contributed by atoms with E-state index >= 15 is 0 Å². The Balaban J connectivity index is 2.53.